The van der Waals surface area contributed by atoms with Crippen LogP contribution in [0.1, 0.15) is 0 Å². The molecule has 0 aliphatic carbocycles. The summed E-state index contributed by atoms with van der Waals surface area (Å²) in [5.41, 5.74) is 0. The van der Waals surface area contributed by atoms with E-state index in [2.05, 4.69) is 0 Å². The molecular formula is C12H15NO3S. The lowest BCUT2D eigenvalue weighted by Crippen LogP contribution is -2.31. The van der Waals surface area contributed by atoms with Gasteiger partial charge in [0.05, 0.1) is 18.0 Å². The van der Waals surface area contributed by atoms with Crippen LogP contribution in [-0.2, 0) is 4.79 Å². The van der Waals surface area contributed by atoms with Crippen molar-refractivity contribution in [3.63, 3.8) is 0 Å². The number of aliphatic hydroxyl groups is 2. The van der Waals surface area contributed by atoms with Gasteiger partial charge in [-0.1, -0.05) is 18.2 Å². The first-order chi connectivity index (χ1) is 8.16. The van der Waals surface area contributed by atoms with Gasteiger partial charge in [0, 0.05) is 18.0 Å². The van der Waals surface area contributed by atoms with Crippen LogP contribution < -0.4 is 0 Å². The van der Waals surface area contributed by atoms with Gasteiger partial charge in [-0.05, 0) is 12.1 Å². The molecular weight excluding hydrogens is 238 g/mol. The third kappa shape index (κ3) is 3.21. The number of thioether (sulfide) groups is 1. The Morgan fingerprint density at radius 1 is 1.24 bits per heavy atom. The number of β-amino-alcohol motifs (C(OH)–C–C–N with tert-alkyl or cyclic N) is 2. The highest BCUT2D eigenvalue weighted by Gasteiger charge is 2.32. The number of nitrogens with zero attached hydrogens (tertiary/aromatic N) is 1. The summed E-state index contributed by atoms with van der Waals surface area (Å²) < 4.78 is 0. The molecule has 2 atom stereocenters. The van der Waals surface area contributed by atoms with Crippen LogP contribution in [0.5, 0.6) is 0 Å². The van der Waals surface area contributed by atoms with Crippen molar-refractivity contribution in [2.24, 2.45) is 0 Å². The van der Waals surface area contributed by atoms with Crippen LogP contribution >= 0.6 is 11.8 Å². The third-order valence-electron chi connectivity index (χ3n) is 2.72. The van der Waals surface area contributed by atoms with E-state index in [1.807, 2.05) is 30.3 Å². The average Bonchev–Trinajstić information content (AvgIpc) is 2.68. The van der Waals surface area contributed by atoms with E-state index in [0.29, 0.717) is 5.75 Å². The van der Waals surface area contributed by atoms with Crippen molar-refractivity contribution >= 4 is 17.7 Å². The largest absolute Gasteiger partial charge is 0.388 e. The first kappa shape index (κ1) is 12.4. The quantitative estimate of drug-likeness (QED) is 0.763. The number of benzene rings is 1. The Morgan fingerprint density at radius 2 is 1.82 bits per heavy atom. The van der Waals surface area contributed by atoms with Crippen LogP contribution in [0.15, 0.2) is 35.2 Å². The van der Waals surface area contributed by atoms with Gasteiger partial charge < -0.3 is 15.1 Å². The molecule has 5 heteroatoms. The van der Waals surface area contributed by atoms with Crippen LogP contribution in [0.25, 0.3) is 0 Å². The normalized spacial score (nSPS) is 24.0. The van der Waals surface area contributed by atoms with Gasteiger partial charge in [-0.15, -0.1) is 11.8 Å². The lowest BCUT2D eigenvalue weighted by atomic mass is 10.3. The lowest BCUT2D eigenvalue weighted by Gasteiger charge is -2.14. The zero-order chi connectivity index (χ0) is 12.3. The summed E-state index contributed by atoms with van der Waals surface area (Å²) in [6.07, 6.45) is -1.61. The van der Waals surface area contributed by atoms with E-state index < -0.39 is 12.2 Å². The van der Waals surface area contributed by atoms with Gasteiger partial charge in [-0.2, -0.15) is 0 Å². The molecule has 2 rings (SSSR count). The second kappa shape index (κ2) is 5.53. The molecule has 1 fully saturated rings. The minimum atomic E-state index is -0.805. The van der Waals surface area contributed by atoms with E-state index in [0.717, 1.165) is 4.90 Å². The molecule has 0 spiro atoms. The number of aliphatic hydroxyl groups excluding tert-OH is 2. The summed E-state index contributed by atoms with van der Waals surface area (Å²) in [6, 6.07) is 9.68. The molecule has 0 radical (unpaired) electrons. The highest BCUT2D eigenvalue weighted by Crippen LogP contribution is 2.19. The summed E-state index contributed by atoms with van der Waals surface area (Å²) in [4.78, 5) is 14.3. The van der Waals surface area contributed by atoms with Crippen LogP contribution in [-0.4, -0.2) is 52.1 Å². The second-order valence-corrected chi connectivity index (χ2v) is 5.08. The summed E-state index contributed by atoms with van der Waals surface area (Å²) >= 11 is 1.46. The zero-order valence-electron chi connectivity index (χ0n) is 9.32. The molecule has 1 aliphatic rings. The van der Waals surface area contributed by atoms with E-state index >= 15 is 0 Å². The van der Waals surface area contributed by atoms with Gasteiger partial charge in [-0.25, -0.2) is 0 Å². The summed E-state index contributed by atoms with van der Waals surface area (Å²) in [5, 5.41) is 18.7. The van der Waals surface area contributed by atoms with Crippen molar-refractivity contribution < 1.29 is 15.0 Å². The Labute approximate surface area is 104 Å². The molecule has 0 bridgehead atoms. The fourth-order valence-electron chi connectivity index (χ4n) is 1.73. The topological polar surface area (TPSA) is 60.8 Å². The Bertz CT molecular complexity index is 375. The molecule has 1 amide bonds. The van der Waals surface area contributed by atoms with Crippen LogP contribution in [0.2, 0.25) is 0 Å². The molecule has 0 unspecified atom stereocenters. The van der Waals surface area contributed by atoms with Gasteiger partial charge >= 0.3 is 0 Å². The Morgan fingerprint density at radius 3 is 2.41 bits per heavy atom. The molecule has 0 aromatic heterocycles. The Balaban J connectivity index is 1.82. The lowest BCUT2D eigenvalue weighted by molar-refractivity contribution is -0.127. The van der Waals surface area contributed by atoms with E-state index in [1.54, 1.807) is 0 Å². The molecule has 17 heavy (non-hydrogen) atoms. The maximum Gasteiger partial charge on any atom is 0.233 e. The molecule has 4 nitrogen and oxygen atoms in total. The highest BCUT2D eigenvalue weighted by atomic mass is 32.2. The number of carbonyl (C=O) groups is 1. The molecule has 2 N–H and O–H groups in total. The van der Waals surface area contributed by atoms with Crippen molar-refractivity contribution in [2.75, 3.05) is 18.8 Å². The maximum absolute atomic E-state index is 11.8. The van der Waals surface area contributed by atoms with Crippen molar-refractivity contribution in [3.05, 3.63) is 30.3 Å². The van der Waals surface area contributed by atoms with E-state index in [9.17, 15) is 15.0 Å². The molecule has 0 saturated carbocycles. The summed E-state index contributed by atoms with van der Waals surface area (Å²) in [5.74, 6) is 0.290. The Kier molecular flexibility index (Phi) is 4.04. The molecule has 1 saturated heterocycles. The van der Waals surface area contributed by atoms with Crippen molar-refractivity contribution in [1.29, 1.82) is 0 Å². The van der Waals surface area contributed by atoms with Gasteiger partial charge in [-0.3, -0.25) is 4.79 Å². The second-order valence-electron chi connectivity index (χ2n) is 4.04. The van der Waals surface area contributed by atoms with Crippen LogP contribution in [0, 0.1) is 0 Å². The summed E-state index contributed by atoms with van der Waals surface area (Å²) in [7, 11) is 0. The Hall–Kier alpha value is -1.04. The van der Waals surface area contributed by atoms with Gasteiger partial charge in [0.15, 0.2) is 0 Å². The van der Waals surface area contributed by atoms with Crippen molar-refractivity contribution in [2.45, 2.75) is 17.1 Å². The molecule has 92 valence electrons. The third-order valence-corrected chi connectivity index (χ3v) is 3.71. The predicted molar refractivity (Wildman–Crippen MR) is 65.8 cm³/mol. The fourth-order valence-corrected chi connectivity index (χ4v) is 2.55. The highest BCUT2D eigenvalue weighted by molar-refractivity contribution is 8.00. The first-order valence-electron chi connectivity index (χ1n) is 5.48. The molecule has 1 heterocycles. The van der Waals surface area contributed by atoms with Crippen molar-refractivity contribution in [3.8, 4) is 0 Å². The van der Waals surface area contributed by atoms with Gasteiger partial charge in [0.25, 0.3) is 0 Å². The van der Waals surface area contributed by atoms with E-state index in [4.69, 9.17) is 0 Å². The SMILES string of the molecule is O=C(CSc1ccccc1)N1C[C@@H](O)[C@@H](O)C1. The first-order valence-corrected chi connectivity index (χ1v) is 6.47. The predicted octanol–water partition coefficient (Wildman–Crippen LogP) is 0.343. The fraction of sp³-hybridized carbons (Fsp3) is 0.417. The number of hydrogen-bond donors (Lipinski definition) is 2. The zero-order valence-corrected chi connectivity index (χ0v) is 10.1. The average molecular weight is 253 g/mol. The molecule has 1 aromatic rings. The van der Waals surface area contributed by atoms with Gasteiger partial charge in [0.1, 0.15) is 0 Å². The summed E-state index contributed by atoms with van der Waals surface area (Å²) in [6.45, 7) is 0.463. The van der Waals surface area contributed by atoms with Gasteiger partial charge in [0.2, 0.25) is 5.91 Å². The minimum Gasteiger partial charge on any atom is -0.388 e. The maximum atomic E-state index is 11.8. The number of rotatable bonds is 3. The standard InChI is InChI=1S/C12H15NO3S/c14-10-6-13(7-11(10)15)12(16)8-17-9-4-2-1-3-5-9/h1-5,10-11,14-15H,6-8H2/t10-,11+. The van der Waals surface area contributed by atoms with E-state index in [1.165, 1.54) is 16.7 Å². The monoisotopic (exact) mass is 253 g/mol. The molecule has 1 aromatic carbocycles. The molecule has 1 aliphatic heterocycles. The van der Waals surface area contributed by atoms with Crippen molar-refractivity contribution in [1.82, 2.24) is 4.90 Å². The minimum absolute atomic E-state index is 0.0468. The smallest absolute Gasteiger partial charge is 0.233 e. The van der Waals surface area contributed by atoms with Crippen LogP contribution in [0.3, 0.4) is 0 Å². The number of amides is 1. The number of carbonyl (C=O) groups excluding carboxylic acids is 1. The number of hydrogen-bond acceptors (Lipinski definition) is 4. The van der Waals surface area contributed by atoms with E-state index in [-0.39, 0.29) is 19.0 Å². The van der Waals surface area contributed by atoms with Crippen LogP contribution in [0.4, 0.5) is 0 Å². The number of likely N-dealkylation sites (tertiary alicyclic amines) is 1.